The molecule has 1 aromatic rings. The molecule has 1 aromatic heterocycles. The van der Waals surface area contributed by atoms with E-state index in [1.165, 1.54) is 25.7 Å². The van der Waals surface area contributed by atoms with Gasteiger partial charge in [0.1, 0.15) is 12.2 Å². The van der Waals surface area contributed by atoms with Crippen molar-refractivity contribution in [1.82, 2.24) is 14.8 Å². The average Bonchev–Trinajstić information content (AvgIpc) is 3.09. The maximum atomic E-state index is 11.4. The molecule has 0 saturated heterocycles. The highest BCUT2D eigenvalue weighted by atomic mass is 16.4. The first kappa shape index (κ1) is 12.6. The number of nitrogens with zero attached hydrogens (tertiary/aromatic N) is 3. The topological polar surface area (TPSA) is 68.0 Å². The molecule has 0 bridgehead atoms. The molecule has 2 aliphatic carbocycles. The van der Waals surface area contributed by atoms with Crippen molar-refractivity contribution in [2.75, 3.05) is 0 Å². The van der Waals surface area contributed by atoms with Crippen LogP contribution in [0.15, 0.2) is 6.33 Å². The lowest BCUT2D eigenvalue weighted by atomic mass is 9.78. The molecular weight excluding hydrogens is 242 g/mol. The number of hydrogen-bond donors (Lipinski definition) is 1. The van der Waals surface area contributed by atoms with E-state index in [2.05, 4.69) is 14.8 Å². The zero-order valence-corrected chi connectivity index (χ0v) is 11.2. The van der Waals surface area contributed by atoms with Crippen LogP contribution in [0.1, 0.15) is 69.2 Å². The SMILES string of the molecule is O=C(O)C1CCCCC1c1nncn1C1CCCC1. The maximum Gasteiger partial charge on any atom is 0.307 e. The molecule has 2 atom stereocenters. The fraction of sp³-hybridized carbons (Fsp3) is 0.786. The largest absolute Gasteiger partial charge is 0.481 e. The van der Waals surface area contributed by atoms with Crippen molar-refractivity contribution >= 4 is 5.97 Å². The van der Waals surface area contributed by atoms with Crippen LogP contribution in [-0.2, 0) is 4.79 Å². The Morgan fingerprint density at radius 1 is 1.16 bits per heavy atom. The summed E-state index contributed by atoms with van der Waals surface area (Å²) in [5.74, 6) is 0.0112. The van der Waals surface area contributed by atoms with Gasteiger partial charge in [-0.3, -0.25) is 4.79 Å². The van der Waals surface area contributed by atoms with E-state index in [4.69, 9.17) is 0 Å². The van der Waals surface area contributed by atoms with Crippen LogP contribution in [0.5, 0.6) is 0 Å². The number of hydrogen-bond acceptors (Lipinski definition) is 3. The maximum absolute atomic E-state index is 11.4. The zero-order chi connectivity index (χ0) is 13.2. The first-order valence-corrected chi connectivity index (χ1v) is 7.39. The van der Waals surface area contributed by atoms with Crippen molar-refractivity contribution in [3.8, 4) is 0 Å². The van der Waals surface area contributed by atoms with Gasteiger partial charge in [0.2, 0.25) is 0 Å². The van der Waals surface area contributed by atoms with E-state index in [0.29, 0.717) is 6.04 Å². The third-order valence-corrected chi connectivity index (χ3v) is 4.73. The standard InChI is InChI=1S/C14H21N3O2/c18-14(19)12-8-4-3-7-11(12)13-16-15-9-17(13)10-5-1-2-6-10/h9-12H,1-8H2,(H,18,19). The Morgan fingerprint density at radius 2 is 1.84 bits per heavy atom. The smallest absolute Gasteiger partial charge is 0.307 e. The molecule has 0 radical (unpaired) electrons. The lowest BCUT2D eigenvalue weighted by Crippen LogP contribution is -2.28. The molecule has 3 rings (SSSR count). The third kappa shape index (κ3) is 2.38. The minimum atomic E-state index is -0.675. The van der Waals surface area contributed by atoms with E-state index >= 15 is 0 Å². The summed E-state index contributed by atoms with van der Waals surface area (Å²) in [5.41, 5.74) is 0. The normalized spacial score (nSPS) is 28.6. The predicted molar refractivity (Wildman–Crippen MR) is 69.9 cm³/mol. The summed E-state index contributed by atoms with van der Waals surface area (Å²) in [6.45, 7) is 0. The highest BCUT2D eigenvalue weighted by molar-refractivity contribution is 5.71. The second-order valence-corrected chi connectivity index (χ2v) is 5.87. The van der Waals surface area contributed by atoms with Gasteiger partial charge in [0, 0.05) is 12.0 Å². The van der Waals surface area contributed by atoms with Crippen LogP contribution < -0.4 is 0 Å². The van der Waals surface area contributed by atoms with E-state index in [1.54, 1.807) is 6.33 Å². The molecule has 1 N–H and O–H groups in total. The van der Waals surface area contributed by atoms with Crippen molar-refractivity contribution in [2.24, 2.45) is 5.92 Å². The van der Waals surface area contributed by atoms with Gasteiger partial charge in [-0.05, 0) is 25.7 Å². The van der Waals surface area contributed by atoms with Gasteiger partial charge < -0.3 is 9.67 Å². The molecule has 2 aliphatic rings. The van der Waals surface area contributed by atoms with E-state index in [-0.39, 0.29) is 11.8 Å². The van der Waals surface area contributed by atoms with Gasteiger partial charge in [-0.1, -0.05) is 25.7 Å². The summed E-state index contributed by atoms with van der Waals surface area (Å²) in [5, 5.41) is 17.7. The van der Waals surface area contributed by atoms with Crippen molar-refractivity contribution in [1.29, 1.82) is 0 Å². The molecule has 5 heteroatoms. The molecule has 2 fully saturated rings. The summed E-state index contributed by atoms with van der Waals surface area (Å²) in [6.07, 6.45) is 10.5. The summed E-state index contributed by atoms with van der Waals surface area (Å²) in [6, 6.07) is 0.487. The molecule has 0 spiro atoms. The Morgan fingerprint density at radius 3 is 2.58 bits per heavy atom. The lowest BCUT2D eigenvalue weighted by Gasteiger charge is -2.29. The molecule has 2 unspecified atom stereocenters. The number of carbonyl (C=O) groups is 1. The van der Waals surface area contributed by atoms with Gasteiger partial charge in [-0.15, -0.1) is 10.2 Å². The van der Waals surface area contributed by atoms with Gasteiger partial charge in [0.25, 0.3) is 0 Å². The van der Waals surface area contributed by atoms with Gasteiger partial charge in [-0.25, -0.2) is 0 Å². The molecule has 1 heterocycles. The minimum Gasteiger partial charge on any atom is -0.481 e. The first-order valence-electron chi connectivity index (χ1n) is 7.39. The third-order valence-electron chi connectivity index (χ3n) is 4.73. The van der Waals surface area contributed by atoms with Gasteiger partial charge in [-0.2, -0.15) is 0 Å². The molecule has 0 amide bonds. The van der Waals surface area contributed by atoms with Crippen LogP contribution in [0.3, 0.4) is 0 Å². The predicted octanol–water partition coefficient (Wildman–Crippen LogP) is 2.75. The zero-order valence-electron chi connectivity index (χ0n) is 11.2. The van der Waals surface area contributed by atoms with Crippen molar-refractivity contribution in [3.05, 3.63) is 12.2 Å². The average molecular weight is 263 g/mol. The summed E-state index contributed by atoms with van der Waals surface area (Å²) >= 11 is 0. The highest BCUT2D eigenvalue weighted by Crippen LogP contribution is 2.39. The molecule has 0 aliphatic heterocycles. The molecule has 0 aromatic carbocycles. The number of carboxylic acids is 1. The summed E-state index contributed by atoms with van der Waals surface area (Å²) in [7, 11) is 0. The number of carboxylic acid groups (broad SMARTS) is 1. The van der Waals surface area contributed by atoms with Crippen LogP contribution in [0.4, 0.5) is 0 Å². The molecule has 2 saturated carbocycles. The summed E-state index contributed by atoms with van der Waals surface area (Å²) < 4.78 is 2.17. The Hall–Kier alpha value is -1.39. The summed E-state index contributed by atoms with van der Waals surface area (Å²) in [4.78, 5) is 11.4. The van der Waals surface area contributed by atoms with E-state index in [0.717, 1.165) is 31.5 Å². The Bertz CT molecular complexity index is 451. The molecule has 104 valence electrons. The Balaban J connectivity index is 1.87. The fourth-order valence-electron chi connectivity index (χ4n) is 3.72. The van der Waals surface area contributed by atoms with Gasteiger partial charge in [0.15, 0.2) is 0 Å². The number of aliphatic carboxylic acids is 1. The van der Waals surface area contributed by atoms with E-state index in [9.17, 15) is 9.90 Å². The molecule has 5 nitrogen and oxygen atoms in total. The second-order valence-electron chi connectivity index (χ2n) is 5.87. The van der Waals surface area contributed by atoms with E-state index in [1.807, 2.05) is 0 Å². The van der Waals surface area contributed by atoms with Crippen LogP contribution in [0.2, 0.25) is 0 Å². The number of rotatable bonds is 3. The Labute approximate surface area is 113 Å². The lowest BCUT2D eigenvalue weighted by molar-refractivity contribution is -0.143. The van der Waals surface area contributed by atoms with E-state index < -0.39 is 5.97 Å². The quantitative estimate of drug-likeness (QED) is 0.910. The van der Waals surface area contributed by atoms with Crippen molar-refractivity contribution in [2.45, 2.75) is 63.3 Å². The molecular formula is C14H21N3O2. The second kappa shape index (κ2) is 5.31. The van der Waals surface area contributed by atoms with Gasteiger partial charge in [0.05, 0.1) is 5.92 Å². The van der Waals surface area contributed by atoms with Crippen molar-refractivity contribution < 1.29 is 9.90 Å². The van der Waals surface area contributed by atoms with Crippen LogP contribution in [-0.4, -0.2) is 25.8 Å². The fourth-order valence-corrected chi connectivity index (χ4v) is 3.72. The molecule has 19 heavy (non-hydrogen) atoms. The van der Waals surface area contributed by atoms with Crippen LogP contribution in [0.25, 0.3) is 0 Å². The first-order chi connectivity index (χ1) is 9.27. The van der Waals surface area contributed by atoms with Crippen LogP contribution >= 0.6 is 0 Å². The minimum absolute atomic E-state index is 0.0503. The van der Waals surface area contributed by atoms with Crippen LogP contribution in [0, 0.1) is 5.92 Å². The van der Waals surface area contributed by atoms with Gasteiger partial charge >= 0.3 is 5.97 Å². The highest BCUT2D eigenvalue weighted by Gasteiger charge is 2.36. The Kier molecular flexibility index (Phi) is 3.53. The number of aromatic nitrogens is 3. The monoisotopic (exact) mass is 263 g/mol. The van der Waals surface area contributed by atoms with Crippen molar-refractivity contribution in [3.63, 3.8) is 0 Å².